The highest BCUT2D eigenvalue weighted by Gasteiger charge is 2.43. The lowest BCUT2D eigenvalue weighted by molar-refractivity contribution is -0.193. The number of hydrogen-bond acceptors (Lipinski definition) is 6. The molecule has 1 saturated carbocycles. The van der Waals surface area contributed by atoms with E-state index in [1.807, 2.05) is 19.1 Å². The Balaban J connectivity index is 0.000000362. The Hall–Kier alpha value is -2.71. The molecule has 0 spiro atoms. The zero-order chi connectivity index (χ0) is 26.8. The van der Waals surface area contributed by atoms with Crippen LogP contribution < -0.4 is 0 Å². The number of rotatable bonds is 5. The first kappa shape index (κ1) is 30.3. The van der Waals surface area contributed by atoms with Crippen molar-refractivity contribution in [3.8, 4) is 0 Å². The van der Waals surface area contributed by atoms with Crippen LogP contribution in [0.1, 0.15) is 24.2 Å². The average molecular weight is 516 g/mol. The van der Waals surface area contributed by atoms with Gasteiger partial charge < -0.3 is 19.7 Å². The van der Waals surface area contributed by atoms with Gasteiger partial charge in [0.25, 0.3) is 0 Å². The summed E-state index contributed by atoms with van der Waals surface area (Å²) in [5.74, 6) is -5.51. The van der Waals surface area contributed by atoms with Crippen molar-refractivity contribution >= 4 is 11.9 Å². The van der Waals surface area contributed by atoms with Gasteiger partial charge in [-0.25, -0.2) is 9.59 Å². The van der Waals surface area contributed by atoms with Crippen LogP contribution in [0.2, 0.25) is 0 Å². The van der Waals surface area contributed by atoms with Gasteiger partial charge in [0.2, 0.25) is 0 Å². The second-order valence-corrected chi connectivity index (χ2v) is 7.49. The highest BCUT2D eigenvalue weighted by Crippen LogP contribution is 2.32. The van der Waals surface area contributed by atoms with Crippen molar-refractivity contribution in [2.45, 2.75) is 56.9 Å². The molecule has 198 valence electrons. The number of carbonyl (C=O) groups is 2. The first-order valence-corrected chi connectivity index (χ1v) is 10.3. The van der Waals surface area contributed by atoms with E-state index in [0.29, 0.717) is 12.6 Å². The molecule has 1 aliphatic heterocycles. The van der Waals surface area contributed by atoms with Crippen molar-refractivity contribution in [3.63, 3.8) is 0 Å². The van der Waals surface area contributed by atoms with E-state index in [4.69, 9.17) is 29.3 Å². The average Bonchev–Trinajstić information content (AvgIpc) is 3.16. The lowest BCUT2D eigenvalue weighted by atomic mass is 10.1. The van der Waals surface area contributed by atoms with E-state index in [2.05, 4.69) is 28.6 Å². The lowest BCUT2D eigenvalue weighted by Crippen LogP contribution is -2.51. The van der Waals surface area contributed by atoms with E-state index in [1.165, 1.54) is 0 Å². The molecule has 0 radical (unpaired) electrons. The molecule has 0 bridgehead atoms. The summed E-state index contributed by atoms with van der Waals surface area (Å²) in [7, 11) is 0. The van der Waals surface area contributed by atoms with E-state index in [-0.39, 0.29) is 12.2 Å². The van der Waals surface area contributed by atoms with Gasteiger partial charge in [-0.3, -0.25) is 9.88 Å². The first-order chi connectivity index (χ1) is 16.2. The molecule has 1 aliphatic carbocycles. The number of halogens is 6. The van der Waals surface area contributed by atoms with Crippen LogP contribution in [0.15, 0.2) is 30.9 Å². The van der Waals surface area contributed by atoms with E-state index < -0.39 is 24.3 Å². The summed E-state index contributed by atoms with van der Waals surface area (Å²) in [5.41, 5.74) is 2.22. The van der Waals surface area contributed by atoms with Crippen molar-refractivity contribution < 1.29 is 55.6 Å². The van der Waals surface area contributed by atoms with E-state index in [0.717, 1.165) is 43.9 Å². The third kappa shape index (κ3) is 10.6. The largest absolute Gasteiger partial charge is 0.490 e. The van der Waals surface area contributed by atoms with Crippen LogP contribution in [0.3, 0.4) is 0 Å². The number of fused-ring (bicyclic) bond motifs is 1. The van der Waals surface area contributed by atoms with Gasteiger partial charge in [-0.05, 0) is 31.9 Å². The maximum atomic E-state index is 10.6. The van der Waals surface area contributed by atoms with Crippen molar-refractivity contribution in [2.24, 2.45) is 0 Å². The summed E-state index contributed by atoms with van der Waals surface area (Å²) in [5, 5.41) is 14.2. The second-order valence-electron chi connectivity index (χ2n) is 7.49. The van der Waals surface area contributed by atoms with Crippen molar-refractivity contribution in [3.05, 3.63) is 42.2 Å². The van der Waals surface area contributed by atoms with Gasteiger partial charge in [0.1, 0.15) is 0 Å². The number of carboxylic acids is 2. The third-order valence-corrected chi connectivity index (χ3v) is 4.87. The molecular weight excluding hydrogens is 490 g/mol. The molecular formula is C21H26F6N2O6. The number of aliphatic carboxylic acids is 2. The normalized spacial score (nSPS) is 22.1. The van der Waals surface area contributed by atoms with Gasteiger partial charge in [0.05, 0.1) is 31.1 Å². The Morgan fingerprint density at radius 3 is 2.23 bits per heavy atom. The Kier molecular flexibility index (Phi) is 11.6. The van der Waals surface area contributed by atoms with Gasteiger partial charge in [0.15, 0.2) is 0 Å². The first-order valence-electron chi connectivity index (χ1n) is 10.3. The minimum atomic E-state index is -5.08. The zero-order valence-corrected chi connectivity index (χ0v) is 18.7. The third-order valence-electron chi connectivity index (χ3n) is 4.87. The summed E-state index contributed by atoms with van der Waals surface area (Å²) in [6.07, 6.45) is -5.74. The van der Waals surface area contributed by atoms with Gasteiger partial charge in [0, 0.05) is 24.8 Å². The fourth-order valence-corrected chi connectivity index (χ4v) is 3.45. The van der Waals surface area contributed by atoms with Crippen LogP contribution in [0, 0.1) is 6.92 Å². The number of morpholine rings is 1. The van der Waals surface area contributed by atoms with Crippen LogP contribution in [0.4, 0.5) is 26.3 Å². The quantitative estimate of drug-likeness (QED) is 0.452. The molecule has 2 aliphatic rings. The molecule has 1 aromatic heterocycles. The van der Waals surface area contributed by atoms with Crippen molar-refractivity contribution in [1.29, 1.82) is 0 Å². The van der Waals surface area contributed by atoms with Crippen molar-refractivity contribution in [2.75, 3.05) is 19.8 Å². The summed E-state index contributed by atoms with van der Waals surface area (Å²) in [4.78, 5) is 24.9. The Bertz CT molecular complexity index is 824. The number of nitrogens with zero attached hydrogens (tertiary/aromatic N) is 2. The molecule has 2 heterocycles. The summed E-state index contributed by atoms with van der Waals surface area (Å²) < 4.78 is 75.3. The number of aryl methyl sites for hydroxylation is 1. The minimum Gasteiger partial charge on any atom is -0.475 e. The number of hydrogen-bond donors (Lipinski definition) is 2. The molecule has 14 heteroatoms. The molecule has 1 saturated heterocycles. The second kappa shape index (κ2) is 13.4. The van der Waals surface area contributed by atoms with Gasteiger partial charge >= 0.3 is 24.3 Å². The molecule has 0 amide bonds. The zero-order valence-electron chi connectivity index (χ0n) is 18.7. The van der Waals surface area contributed by atoms with Gasteiger partial charge in [-0.15, -0.1) is 6.58 Å². The number of pyridine rings is 1. The number of alkyl halides is 6. The molecule has 35 heavy (non-hydrogen) atoms. The Labute approximate surface area is 197 Å². The smallest absolute Gasteiger partial charge is 0.475 e. The molecule has 1 aromatic rings. The fourth-order valence-electron chi connectivity index (χ4n) is 3.45. The molecule has 2 N–H and O–H groups in total. The summed E-state index contributed by atoms with van der Waals surface area (Å²) in [6, 6.07) is 6.69. The standard InChI is InChI=1S/C17H24N2O2.2C2HF3O2/c1-3-10-20-16-8-7-15-17(16)21-11-9-19(15)12-14-6-4-5-13(2)18-14;2*3-2(4,5)1(6)7/h3-6,15-17H,1,7-12H2,2H3;2*(H,6,7)/t15-,16-,17-;;/m0../s1. The Morgan fingerprint density at radius 2 is 1.74 bits per heavy atom. The molecule has 0 aromatic carbocycles. The fraction of sp³-hybridized carbons (Fsp3) is 0.571. The van der Waals surface area contributed by atoms with E-state index >= 15 is 0 Å². The highest BCUT2D eigenvalue weighted by atomic mass is 19.4. The van der Waals surface area contributed by atoms with Crippen LogP contribution in [-0.2, 0) is 25.6 Å². The SMILES string of the molecule is C=CCO[C@H]1CC[C@H]2[C@@H]1OCCN2Cc1cccc(C)n1.O=C(O)C(F)(F)F.O=C(O)C(F)(F)F. The number of carboxylic acid groups (broad SMARTS) is 2. The predicted molar refractivity (Wildman–Crippen MR) is 109 cm³/mol. The van der Waals surface area contributed by atoms with Gasteiger partial charge in [-0.1, -0.05) is 12.1 Å². The van der Waals surface area contributed by atoms with Crippen LogP contribution in [0.25, 0.3) is 0 Å². The minimum absolute atomic E-state index is 0.198. The van der Waals surface area contributed by atoms with Crippen LogP contribution in [0.5, 0.6) is 0 Å². The van der Waals surface area contributed by atoms with Crippen molar-refractivity contribution in [1.82, 2.24) is 9.88 Å². The molecule has 0 unspecified atom stereocenters. The molecule has 3 atom stereocenters. The molecule has 2 fully saturated rings. The van der Waals surface area contributed by atoms with Crippen LogP contribution >= 0.6 is 0 Å². The molecule has 3 rings (SSSR count). The maximum Gasteiger partial charge on any atom is 0.490 e. The maximum absolute atomic E-state index is 10.6. The van der Waals surface area contributed by atoms with E-state index in [9.17, 15) is 26.3 Å². The predicted octanol–water partition coefficient (Wildman–Crippen LogP) is 3.59. The topological polar surface area (TPSA) is 109 Å². The lowest BCUT2D eigenvalue weighted by Gasteiger charge is -2.38. The summed E-state index contributed by atoms with van der Waals surface area (Å²) in [6.45, 7) is 9.03. The number of aromatic nitrogens is 1. The Morgan fingerprint density at radius 1 is 1.17 bits per heavy atom. The highest BCUT2D eigenvalue weighted by molar-refractivity contribution is 5.73. The summed E-state index contributed by atoms with van der Waals surface area (Å²) >= 11 is 0. The van der Waals surface area contributed by atoms with E-state index in [1.54, 1.807) is 0 Å². The molecule has 8 nitrogen and oxygen atoms in total. The van der Waals surface area contributed by atoms with Gasteiger partial charge in [-0.2, -0.15) is 26.3 Å². The monoisotopic (exact) mass is 516 g/mol. The number of ether oxygens (including phenoxy) is 2. The van der Waals surface area contributed by atoms with Crippen LogP contribution in [-0.4, -0.2) is 82.4 Å².